The van der Waals surface area contributed by atoms with Crippen LogP contribution in [-0.2, 0) is 19.3 Å². The summed E-state index contributed by atoms with van der Waals surface area (Å²) in [6.07, 6.45) is 13.7. The number of carbonyl (C=O) groups is 3. The number of hydrogen-bond acceptors (Lipinski definition) is 6. The molecule has 1 aromatic heterocycles. The number of carbonyl (C=O) groups excluding carboxylic acids is 3. The van der Waals surface area contributed by atoms with Gasteiger partial charge in [-0.2, -0.15) is 5.26 Å². The number of nitrogens with zero attached hydrogens (tertiary/aromatic N) is 1. The number of hydrogen-bond donors (Lipinski definition) is 2. The number of fused-ring (bicyclic) bond motifs is 7. The number of ketones is 1. The van der Waals surface area contributed by atoms with E-state index in [1.807, 2.05) is 0 Å². The van der Waals surface area contributed by atoms with Crippen LogP contribution >= 0.6 is 0 Å². The van der Waals surface area contributed by atoms with Crippen LogP contribution < -0.4 is 5.32 Å². The first kappa shape index (κ1) is 32.8. The lowest BCUT2D eigenvalue weighted by molar-refractivity contribution is -0.250. The molecule has 5 aliphatic carbocycles. The molecule has 7 heteroatoms. The topological polar surface area (TPSA) is 106 Å². The summed E-state index contributed by atoms with van der Waals surface area (Å²) in [5.41, 5.74) is 2.74. The molecule has 242 valence electrons. The zero-order valence-corrected chi connectivity index (χ0v) is 28.2. The summed E-state index contributed by atoms with van der Waals surface area (Å²) in [4.78, 5) is 45.1. The van der Waals surface area contributed by atoms with Crippen molar-refractivity contribution in [2.24, 2.45) is 50.7 Å². The van der Waals surface area contributed by atoms with Crippen molar-refractivity contribution in [3.05, 3.63) is 35.7 Å². The first-order valence-electron chi connectivity index (χ1n) is 16.9. The van der Waals surface area contributed by atoms with Crippen molar-refractivity contribution in [1.82, 2.24) is 4.98 Å². The molecule has 0 bridgehead atoms. The van der Waals surface area contributed by atoms with E-state index in [9.17, 15) is 19.6 Å². The van der Waals surface area contributed by atoms with Gasteiger partial charge in [0.15, 0.2) is 5.78 Å². The highest BCUT2D eigenvalue weighted by molar-refractivity contribution is 6.05. The predicted molar refractivity (Wildman–Crippen MR) is 171 cm³/mol. The smallest absolute Gasteiger partial charge is 0.326 e. The van der Waals surface area contributed by atoms with Crippen LogP contribution in [0.5, 0.6) is 0 Å². The van der Waals surface area contributed by atoms with Crippen LogP contribution in [-0.4, -0.2) is 27.9 Å². The molecular formula is C37H54N2O5. The molecule has 4 fully saturated rings. The number of aromatic nitrogens is 1. The Balaban J connectivity index is 0.000000328. The Labute approximate surface area is 263 Å². The van der Waals surface area contributed by atoms with Crippen molar-refractivity contribution in [1.29, 1.82) is 0 Å². The third-order valence-electron chi connectivity index (χ3n) is 13.7. The number of nitrogens with one attached hydrogen (secondary N) is 1. The number of Topliss-reactive ketones (excluding diaryl/α,β-unsaturated/α-hetero) is 1. The van der Waals surface area contributed by atoms with Crippen molar-refractivity contribution < 1.29 is 24.5 Å². The summed E-state index contributed by atoms with van der Waals surface area (Å²) in [7, 11) is 0. The maximum absolute atomic E-state index is 13.3. The highest BCUT2D eigenvalue weighted by Crippen LogP contribution is 2.76. The number of pyridine rings is 1. The van der Waals surface area contributed by atoms with E-state index < -0.39 is 11.4 Å². The number of rotatable bonds is 3. The van der Waals surface area contributed by atoms with Crippen LogP contribution in [0.1, 0.15) is 120 Å². The second kappa shape index (κ2) is 11.4. The standard InChI is InChI=1S/C30H46O4.C7H8N2O/c1-18(2)23-20(31)17-30(25(32)34-33)16-15-28(6)19(24(23)30)9-10-22-27(5)13-8-12-26(3,4)21(27)11-14-29(22,28)7;1-6(10)9-7-2-4-8-5-3-7/h18-19,21-22,33H,8-17H2,1-7H3;2-5H,1H3,(H,8,9,10)/t19-,21+,22-,27+,28-,29-,30-;/m1./s1. The minimum Gasteiger partial charge on any atom is -0.326 e. The van der Waals surface area contributed by atoms with Crippen molar-refractivity contribution in [3.8, 4) is 0 Å². The molecule has 0 aromatic carbocycles. The molecule has 0 spiro atoms. The number of amides is 1. The van der Waals surface area contributed by atoms with Gasteiger partial charge >= 0.3 is 5.97 Å². The molecule has 1 amide bonds. The molecule has 4 saturated carbocycles. The van der Waals surface area contributed by atoms with Gasteiger partial charge in [-0.25, -0.2) is 4.79 Å². The summed E-state index contributed by atoms with van der Waals surface area (Å²) in [6.45, 7) is 18.3. The van der Waals surface area contributed by atoms with Crippen molar-refractivity contribution in [2.75, 3.05) is 5.32 Å². The van der Waals surface area contributed by atoms with Crippen LogP contribution in [0.15, 0.2) is 35.7 Å². The van der Waals surface area contributed by atoms with E-state index >= 15 is 0 Å². The van der Waals surface area contributed by atoms with Crippen molar-refractivity contribution >= 4 is 23.3 Å². The lowest BCUT2D eigenvalue weighted by Gasteiger charge is -2.71. The Hall–Kier alpha value is -2.54. The fourth-order valence-electron chi connectivity index (χ4n) is 11.7. The van der Waals surface area contributed by atoms with Gasteiger partial charge in [0.2, 0.25) is 5.91 Å². The molecule has 2 N–H and O–H groups in total. The van der Waals surface area contributed by atoms with Crippen LogP contribution in [0, 0.1) is 50.7 Å². The van der Waals surface area contributed by atoms with Gasteiger partial charge in [0.05, 0.1) is 0 Å². The van der Waals surface area contributed by atoms with Crippen molar-refractivity contribution in [2.45, 2.75) is 120 Å². The Bertz CT molecular complexity index is 1340. The normalized spacial score (nSPS) is 38.8. The minimum absolute atomic E-state index is 0.0464. The molecule has 0 aliphatic heterocycles. The number of allylic oxidation sites excluding steroid dienone is 1. The Kier molecular flexibility index (Phi) is 8.48. The highest BCUT2D eigenvalue weighted by atomic mass is 17.1. The van der Waals surface area contributed by atoms with Gasteiger partial charge in [0.25, 0.3) is 0 Å². The molecule has 7 nitrogen and oxygen atoms in total. The van der Waals surface area contributed by atoms with Gasteiger partial charge in [0.1, 0.15) is 5.41 Å². The van der Waals surface area contributed by atoms with E-state index in [4.69, 9.17) is 0 Å². The maximum atomic E-state index is 13.3. The zero-order valence-electron chi connectivity index (χ0n) is 28.2. The quantitative estimate of drug-likeness (QED) is 0.264. The van der Waals surface area contributed by atoms with Crippen LogP contribution in [0.4, 0.5) is 5.69 Å². The molecule has 6 rings (SSSR count). The molecule has 5 aliphatic rings. The third kappa shape index (κ3) is 4.87. The van der Waals surface area contributed by atoms with E-state index in [1.165, 1.54) is 45.4 Å². The second-order valence-corrected chi connectivity index (χ2v) is 16.4. The van der Waals surface area contributed by atoms with Gasteiger partial charge in [-0.05, 0) is 120 Å². The Morgan fingerprint density at radius 2 is 1.61 bits per heavy atom. The molecule has 7 atom stereocenters. The molecule has 1 aromatic rings. The summed E-state index contributed by atoms with van der Waals surface area (Å²) < 4.78 is 0. The third-order valence-corrected chi connectivity index (χ3v) is 13.7. The summed E-state index contributed by atoms with van der Waals surface area (Å²) in [6, 6.07) is 3.47. The number of anilines is 1. The zero-order chi connectivity index (χ0) is 32.3. The average molecular weight is 607 g/mol. The van der Waals surface area contributed by atoms with Gasteiger partial charge in [0, 0.05) is 31.4 Å². The Morgan fingerprint density at radius 1 is 0.932 bits per heavy atom. The van der Waals surface area contributed by atoms with E-state index in [1.54, 1.807) is 24.5 Å². The van der Waals surface area contributed by atoms with Crippen LogP contribution in [0.3, 0.4) is 0 Å². The average Bonchev–Trinajstić information content (AvgIpc) is 3.26. The monoisotopic (exact) mass is 606 g/mol. The summed E-state index contributed by atoms with van der Waals surface area (Å²) >= 11 is 0. The van der Waals surface area contributed by atoms with Gasteiger partial charge in [-0.1, -0.05) is 54.9 Å². The summed E-state index contributed by atoms with van der Waals surface area (Å²) in [5.74, 6) is 1.17. The molecular weight excluding hydrogens is 552 g/mol. The van der Waals surface area contributed by atoms with Gasteiger partial charge < -0.3 is 10.2 Å². The maximum Gasteiger partial charge on any atom is 0.352 e. The summed E-state index contributed by atoms with van der Waals surface area (Å²) in [5, 5.41) is 12.1. The van der Waals surface area contributed by atoms with Gasteiger partial charge in [-0.3, -0.25) is 14.6 Å². The fourth-order valence-corrected chi connectivity index (χ4v) is 11.7. The largest absolute Gasteiger partial charge is 0.352 e. The van der Waals surface area contributed by atoms with Crippen LogP contribution in [0.25, 0.3) is 0 Å². The second-order valence-electron chi connectivity index (χ2n) is 16.4. The molecule has 0 saturated heterocycles. The van der Waals surface area contributed by atoms with E-state index in [-0.39, 0.29) is 40.8 Å². The molecule has 1 heterocycles. The minimum atomic E-state index is -0.952. The predicted octanol–water partition coefficient (Wildman–Crippen LogP) is 8.41. The molecule has 0 radical (unpaired) electrons. The van der Waals surface area contributed by atoms with E-state index in [2.05, 4.69) is 63.7 Å². The first-order valence-corrected chi connectivity index (χ1v) is 16.9. The van der Waals surface area contributed by atoms with E-state index in [0.29, 0.717) is 23.2 Å². The first-order chi connectivity index (χ1) is 20.6. The lowest BCUT2D eigenvalue weighted by Crippen LogP contribution is -2.64. The molecule has 44 heavy (non-hydrogen) atoms. The lowest BCUT2D eigenvalue weighted by atomic mass is 9.33. The SMILES string of the molecule is CC(=O)Nc1ccncc1.CC(C)C1=C2[C@H]3CC[C@@H]4[C@@]5(C)CCCC(C)(C)[C@@H]5CC[C@@]4(C)[C@]3(C)CC[C@@]2(C(=O)OO)CC1=O. The van der Waals surface area contributed by atoms with Crippen molar-refractivity contribution in [3.63, 3.8) is 0 Å². The highest BCUT2D eigenvalue weighted by Gasteiger charge is 2.70. The Morgan fingerprint density at radius 3 is 2.23 bits per heavy atom. The fraction of sp³-hybridized carbons (Fsp3) is 0.730. The van der Waals surface area contributed by atoms with Gasteiger partial charge in [-0.15, -0.1) is 0 Å². The van der Waals surface area contributed by atoms with E-state index in [0.717, 1.165) is 35.6 Å². The molecule has 0 unspecified atom stereocenters. The van der Waals surface area contributed by atoms with Crippen LogP contribution in [0.2, 0.25) is 0 Å².